The van der Waals surface area contributed by atoms with E-state index in [1.165, 1.54) is 26.2 Å². The third-order valence-electron chi connectivity index (χ3n) is 10.5. The summed E-state index contributed by atoms with van der Waals surface area (Å²) in [4.78, 5) is 23.2. The highest BCUT2D eigenvalue weighted by Crippen LogP contribution is 2.68. The second-order valence-corrected chi connectivity index (χ2v) is 11.9. The minimum absolute atomic E-state index is 0.0384. The first-order valence-electron chi connectivity index (χ1n) is 12.6. The number of hydrogen-bond acceptors (Lipinski definition) is 4. The number of carbonyl (C=O) groups excluding carboxylic acids is 1. The minimum Gasteiger partial charge on any atom is -0.481 e. The summed E-state index contributed by atoms with van der Waals surface area (Å²) in [5.74, 6) is 2.00. The van der Waals surface area contributed by atoms with Crippen LogP contribution in [0.5, 0.6) is 0 Å². The van der Waals surface area contributed by atoms with E-state index in [2.05, 4.69) is 20.8 Å². The Morgan fingerprint density at radius 3 is 2.39 bits per heavy atom. The Bertz CT molecular complexity index is 706. The number of aliphatic carboxylic acids is 1. The van der Waals surface area contributed by atoms with E-state index in [-0.39, 0.29) is 35.4 Å². The van der Waals surface area contributed by atoms with E-state index in [9.17, 15) is 14.7 Å². The fourth-order valence-electron chi connectivity index (χ4n) is 9.04. The van der Waals surface area contributed by atoms with E-state index < -0.39 is 5.97 Å². The van der Waals surface area contributed by atoms with Gasteiger partial charge in [0.1, 0.15) is 6.10 Å². The maximum atomic E-state index is 12.1. The van der Waals surface area contributed by atoms with Crippen LogP contribution in [0.25, 0.3) is 0 Å². The molecule has 4 saturated carbocycles. The van der Waals surface area contributed by atoms with Crippen LogP contribution in [-0.4, -0.2) is 34.4 Å². The van der Waals surface area contributed by atoms with Gasteiger partial charge in [0, 0.05) is 19.3 Å². The number of aliphatic hydroxyl groups excluding tert-OH is 1. The van der Waals surface area contributed by atoms with Gasteiger partial charge in [-0.2, -0.15) is 0 Å². The predicted molar refractivity (Wildman–Crippen MR) is 118 cm³/mol. The van der Waals surface area contributed by atoms with E-state index in [0.717, 1.165) is 38.5 Å². The van der Waals surface area contributed by atoms with E-state index in [4.69, 9.17) is 9.84 Å². The SMILES string of the molecule is CC(=O)OC1CC2CC(O)CCC2(C)C2CCC3(C)C(C(C)CCC(=O)O)CCC3C12. The van der Waals surface area contributed by atoms with Gasteiger partial charge in [0.15, 0.2) is 0 Å². The number of carboxylic acid groups (broad SMARTS) is 1. The maximum absolute atomic E-state index is 12.1. The molecule has 0 spiro atoms. The standard InChI is InChI=1S/C26H42O5/c1-15(5-8-23(29)30)19-6-7-20-24-21(10-12-26(19,20)4)25(3)11-9-18(28)13-17(25)14-22(24)31-16(2)27/h15,17-22,24,28H,5-14H2,1-4H3,(H,29,30). The Morgan fingerprint density at radius 2 is 1.71 bits per heavy atom. The van der Waals surface area contributed by atoms with Crippen molar-refractivity contribution in [2.24, 2.45) is 46.3 Å². The van der Waals surface area contributed by atoms with E-state index in [1.807, 2.05) is 0 Å². The molecule has 10 atom stereocenters. The normalized spacial score (nSPS) is 47.6. The van der Waals surface area contributed by atoms with Crippen molar-refractivity contribution in [1.29, 1.82) is 0 Å². The van der Waals surface area contributed by atoms with Gasteiger partial charge < -0.3 is 14.9 Å². The fraction of sp³-hybridized carbons (Fsp3) is 0.923. The number of ether oxygens (including phenoxy) is 1. The summed E-state index contributed by atoms with van der Waals surface area (Å²) in [5.41, 5.74) is 0.434. The summed E-state index contributed by atoms with van der Waals surface area (Å²) in [6, 6.07) is 0. The highest BCUT2D eigenvalue weighted by molar-refractivity contribution is 5.66. The van der Waals surface area contributed by atoms with E-state index in [0.29, 0.717) is 35.5 Å². The van der Waals surface area contributed by atoms with Crippen molar-refractivity contribution >= 4 is 11.9 Å². The molecule has 176 valence electrons. The Kier molecular flexibility index (Phi) is 6.22. The van der Waals surface area contributed by atoms with Crippen LogP contribution in [0.15, 0.2) is 0 Å². The molecule has 0 aromatic heterocycles. The molecule has 31 heavy (non-hydrogen) atoms. The molecular formula is C26H42O5. The summed E-state index contributed by atoms with van der Waals surface area (Å²) in [5, 5.41) is 19.5. The largest absolute Gasteiger partial charge is 0.481 e. The van der Waals surface area contributed by atoms with Crippen LogP contribution in [0, 0.1) is 46.3 Å². The molecule has 10 unspecified atom stereocenters. The van der Waals surface area contributed by atoms with Crippen LogP contribution in [0.4, 0.5) is 0 Å². The zero-order valence-electron chi connectivity index (χ0n) is 19.8. The summed E-state index contributed by atoms with van der Waals surface area (Å²) in [6.45, 7) is 8.69. The van der Waals surface area contributed by atoms with Crippen LogP contribution in [0.2, 0.25) is 0 Å². The molecule has 4 rings (SSSR count). The molecular weight excluding hydrogens is 392 g/mol. The van der Waals surface area contributed by atoms with E-state index >= 15 is 0 Å². The van der Waals surface area contributed by atoms with Gasteiger partial charge in [-0.15, -0.1) is 0 Å². The van der Waals surface area contributed by atoms with Crippen molar-refractivity contribution in [2.45, 2.75) is 104 Å². The average Bonchev–Trinajstić information content (AvgIpc) is 3.04. The van der Waals surface area contributed by atoms with Crippen molar-refractivity contribution in [3.63, 3.8) is 0 Å². The van der Waals surface area contributed by atoms with Crippen molar-refractivity contribution in [2.75, 3.05) is 0 Å². The topological polar surface area (TPSA) is 83.8 Å². The van der Waals surface area contributed by atoms with Crippen LogP contribution >= 0.6 is 0 Å². The lowest BCUT2D eigenvalue weighted by Gasteiger charge is -2.62. The number of carboxylic acids is 1. The molecule has 0 heterocycles. The summed E-state index contributed by atoms with van der Waals surface area (Å²) >= 11 is 0. The first-order valence-corrected chi connectivity index (χ1v) is 12.6. The van der Waals surface area contributed by atoms with Crippen LogP contribution in [0.3, 0.4) is 0 Å². The lowest BCUT2D eigenvalue weighted by Crippen LogP contribution is -2.59. The van der Waals surface area contributed by atoms with Gasteiger partial charge in [-0.3, -0.25) is 9.59 Å². The molecule has 2 N–H and O–H groups in total. The number of rotatable bonds is 5. The molecule has 0 bridgehead atoms. The Morgan fingerprint density at radius 1 is 1.03 bits per heavy atom. The van der Waals surface area contributed by atoms with Gasteiger partial charge in [-0.05, 0) is 98.2 Å². The first-order chi connectivity index (χ1) is 14.6. The third kappa shape index (κ3) is 3.94. The number of aliphatic hydroxyl groups is 1. The van der Waals surface area contributed by atoms with Gasteiger partial charge >= 0.3 is 11.9 Å². The number of esters is 1. The zero-order chi connectivity index (χ0) is 22.6. The van der Waals surface area contributed by atoms with E-state index in [1.54, 1.807) is 0 Å². The van der Waals surface area contributed by atoms with Crippen molar-refractivity contribution in [1.82, 2.24) is 0 Å². The number of fused-ring (bicyclic) bond motifs is 5. The number of hydrogen-bond donors (Lipinski definition) is 2. The summed E-state index contributed by atoms with van der Waals surface area (Å²) in [6.07, 6.45) is 9.14. The van der Waals surface area contributed by atoms with Gasteiger partial charge in [0.05, 0.1) is 6.10 Å². The molecule has 5 heteroatoms. The fourth-order valence-corrected chi connectivity index (χ4v) is 9.04. The van der Waals surface area contributed by atoms with Crippen molar-refractivity contribution < 1.29 is 24.5 Å². The lowest BCUT2D eigenvalue weighted by molar-refractivity contribution is -0.194. The predicted octanol–water partition coefficient (Wildman–Crippen LogP) is 5.05. The molecule has 4 aliphatic rings. The second-order valence-electron chi connectivity index (χ2n) is 11.9. The monoisotopic (exact) mass is 434 g/mol. The van der Waals surface area contributed by atoms with Crippen LogP contribution in [-0.2, 0) is 14.3 Å². The van der Waals surface area contributed by atoms with Gasteiger partial charge in [-0.25, -0.2) is 0 Å². The molecule has 0 amide bonds. The smallest absolute Gasteiger partial charge is 0.303 e. The molecule has 0 radical (unpaired) electrons. The third-order valence-corrected chi connectivity index (χ3v) is 10.5. The quantitative estimate of drug-likeness (QED) is 0.592. The van der Waals surface area contributed by atoms with Gasteiger partial charge in [0.2, 0.25) is 0 Å². The minimum atomic E-state index is -0.698. The zero-order valence-corrected chi connectivity index (χ0v) is 19.8. The summed E-state index contributed by atoms with van der Waals surface area (Å²) < 4.78 is 6.02. The van der Waals surface area contributed by atoms with Gasteiger partial charge in [-0.1, -0.05) is 20.8 Å². The van der Waals surface area contributed by atoms with Crippen LogP contribution < -0.4 is 0 Å². The Hall–Kier alpha value is -1.10. The Balaban J connectivity index is 1.62. The first kappa shape index (κ1) is 23.1. The number of carbonyl (C=O) groups is 2. The molecule has 0 saturated heterocycles. The van der Waals surface area contributed by atoms with Crippen molar-refractivity contribution in [3.8, 4) is 0 Å². The molecule has 5 nitrogen and oxygen atoms in total. The molecule has 0 aromatic rings. The second kappa shape index (κ2) is 8.35. The van der Waals surface area contributed by atoms with Crippen LogP contribution in [0.1, 0.15) is 91.9 Å². The van der Waals surface area contributed by atoms with Gasteiger partial charge in [0.25, 0.3) is 0 Å². The molecule has 4 aliphatic carbocycles. The summed E-state index contributed by atoms with van der Waals surface area (Å²) in [7, 11) is 0. The molecule has 0 aromatic carbocycles. The average molecular weight is 435 g/mol. The Labute approximate surface area is 187 Å². The van der Waals surface area contributed by atoms with Crippen molar-refractivity contribution in [3.05, 3.63) is 0 Å². The molecule has 0 aliphatic heterocycles. The lowest BCUT2D eigenvalue weighted by atomic mass is 9.43. The highest BCUT2D eigenvalue weighted by Gasteiger charge is 2.63. The maximum Gasteiger partial charge on any atom is 0.303 e. The highest BCUT2D eigenvalue weighted by atomic mass is 16.5. The molecule has 4 fully saturated rings.